The number of halogens is 4. The molecule has 3 aromatic heterocycles. The third-order valence-corrected chi connectivity index (χ3v) is 7.97. The van der Waals surface area contributed by atoms with Crippen molar-refractivity contribution in [3.8, 4) is 17.0 Å². The second-order valence-corrected chi connectivity index (χ2v) is 11.2. The Morgan fingerprint density at radius 2 is 1.79 bits per heavy atom. The first-order valence-corrected chi connectivity index (χ1v) is 14.1. The van der Waals surface area contributed by atoms with Gasteiger partial charge < -0.3 is 30.6 Å². The number of amides is 3. The van der Waals surface area contributed by atoms with Crippen LogP contribution in [0.1, 0.15) is 39.2 Å². The van der Waals surface area contributed by atoms with Crippen LogP contribution in [0, 0.1) is 5.82 Å². The minimum atomic E-state index is -5.42. The first-order valence-electron chi connectivity index (χ1n) is 14.1. The number of primary amides is 1. The maximum Gasteiger partial charge on any atom is 0.424 e. The van der Waals surface area contributed by atoms with Gasteiger partial charge in [0.05, 0.1) is 29.6 Å². The number of hydrogen-bond donors (Lipinski definition) is 4. The van der Waals surface area contributed by atoms with Gasteiger partial charge in [0.2, 0.25) is 11.5 Å². The number of alkyl halides is 3. The molecule has 0 bridgehead atoms. The van der Waals surface area contributed by atoms with Crippen LogP contribution in [0.4, 0.5) is 23.2 Å². The molecule has 2 aromatic carbocycles. The summed E-state index contributed by atoms with van der Waals surface area (Å²) < 4.78 is 68.8. The van der Waals surface area contributed by atoms with Crippen molar-refractivity contribution in [2.24, 2.45) is 5.73 Å². The van der Waals surface area contributed by atoms with Gasteiger partial charge in [-0.2, -0.15) is 13.2 Å². The van der Waals surface area contributed by atoms with Gasteiger partial charge in [0, 0.05) is 28.3 Å². The summed E-state index contributed by atoms with van der Waals surface area (Å²) >= 11 is 0. The molecule has 16 heteroatoms. The summed E-state index contributed by atoms with van der Waals surface area (Å²) in [7, 11) is 0. The fourth-order valence-corrected chi connectivity index (χ4v) is 5.18. The van der Waals surface area contributed by atoms with Crippen molar-refractivity contribution in [2.75, 3.05) is 18.5 Å². The lowest BCUT2D eigenvalue weighted by Crippen LogP contribution is -2.51. The lowest BCUT2D eigenvalue weighted by molar-refractivity contribution is -0.265. The number of carbonyl (C=O) groups is 3. The van der Waals surface area contributed by atoms with E-state index in [2.05, 4.69) is 25.6 Å². The number of ether oxygens (including phenoxy) is 1. The predicted octanol–water partition coefficient (Wildman–Crippen LogP) is 3.99. The van der Waals surface area contributed by atoms with Crippen LogP contribution in [0.5, 0.6) is 5.75 Å². The van der Waals surface area contributed by atoms with E-state index in [-0.39, 0.29) is 51.8 Å². The van der Waals surface area contributed by atoms with Crippen molar-refractivity contribution in [3.63, 3.8) is 0 Å². The Kier molecular flexibility index (Phi) is 7.83. The molecule has 0 spiro atoms. The van der Waals surface area contributed by atoms with E-state index in [1.54, 1.807) is 12.1 Å². The molecule has 1 aliphatic rings. The summed E-state index contributed by atoms with van der Waals surface area (Å²) in [6.45, 7) is -0.397. The highest BCUT2D eigenvalue weighted by molar-refractivity contribution is 6.09. The van der Waals surface area contributed by atoms with E-state index in [1.165, 1.54) is 49.8 Å². The molecule has 12 nitrogen and oxygen atoms in total. The second kappa shape index (κ2) is 11.7. The van der Waals surface area contributed by atoms with E-state index in [9.17, 15) is 37.1 Å². The summed E-state index contributed by atoms with van der Waals surface area (Å²) in [4.78, 5) is 50.5. The van der Waals surface area contributed by atoms with Gasteiger partial charge in [-0.1, -0.05) is 6.07 Å². The van der Waals surface area contributed by atoms with Crippen LogP contribution < -0.4 is 21.1 Å². The minimum Gasteiger partial charge on any atom is -0.489 e. The van der Waals surface area contributed by atoms with Crippen LogP contribution in [0.25, 0.3) is 22.2 Å². The zero-order valence-electron chi connectivity index (χ0n) is 24.8. The molecular formula is C32H24F4N6O6. The van der Waals surface area contributed by atoms with Gasteiger partial charge in [0.25, 0.3) is 11.8 Å². The largest absolute Gasteiger partial charge is 0.489 e. The molecule has 2 atom stereocenters. The highest BCUT2D eigenvalue weighted by Crippen LogP contribution is 2.47. The Hall–Kier alpha value is -5.90. The number of aromatic nitrogens is 3. The highest BCUT2D eigenvalue weighted by atomic mass is 19.4. The second-order valence-electron chi connectivity index (χ2n) is 11.2. The number of nitrogens with one attached hydrogen (secondary N) is 2. The van der Waals surface area contributed by atoms with Gasteiger partial charge >= 0.3 is 12.1 Å². The number of carbonyl (C=O) groups excluding carboxylic acids is 3. The normalized spacial score (nSPS) is 16.9. The number of fused-ring (bicyclic) bond motifs is 2. The van der Waals surface area contributed by atoms with E-state index in [0.717, 1.165) is 18.2 Å². The van der Waals surface area contributed by atoms with Crippen LogP contribution in [0.2, 0.25) is 0 Å². The summed E-state index contributed by atoms with van der Waals surface area (Å²) in [5.74, 6) is -3.73. The number of rotatable bonds is 8. The molecule has 6 rings (SSSR count). The van der Waals surface area contributed by atoms with E-state index < -0.39 is 53.0 Å². The summed E-state index contributed by atoms with van der Waals surface area (Å²) in [5.41, 5.74) is -0.863. The third-order valence-electron chi connectivity index (χ3n) is 7.97. The number of benzene rings is 2. The molecule has 246 valence electrons. The molecule has 1 aliphatic heterocycles. The molecule has 48 heavy (non-hydrogen) atoms. The third kappa shape index (κ3) is 5.55. The summed E-state index contributed by atoms with van der Waals surface area (Å²) in [5, 5.41) is 16.3. The van der Waals surface area contributed by atoms with Crippen LogP contribution in [-0.4, -0.2) is 57.1 Å². The van der Waals surface area contributed by atoms with E-state index in [4.69, 9.17) is 14.9 Å². The highest BCUT2D eigenvalue weighted by Gasteiger charge is 2.57. The van der Waals surface area contributed by atoms with Gasteiger partial charge in [-0.15, -0.1) is 0 Å². The molecule has 0 saturated carbocycles. The lowest BCUT2D eigenvalue weighted by atomic mass is 9.81. The molecule has 0 radical (unpaired) electrons. The number of nitrogens with zero attached hydrogens (tertiary/aromatic N) is 3. The summed E-state index contributed by atoms with van der Waals surface area (Å²) in [6.07, 6.45) is -1.56. The average Bonchev–Trinajstić information content (AvgIpc) is 3.72. The molecule has 3 amide bonds. The van der Waals surface area contributed by atoms with Crippen molar-refractivity contribution < 1.29 is 46.2 Å². The maximum atomic E-state index is 14.8. The van der Waals surface area contributed by atoms with Crippen molar-refractivity contribution in [2.45, 2.75) is 24.1 Å². The average molecular weight is 665 g/mol. The molecule has 0 aliphatic carbocycles. The van der Waals surface area contributed by atoms with Crippen molar-refractivity contribution >= 4 is 34.3 Å². The Morgan fingerprint density at radius 3 is 2.46 bits per heavy atom. The Balaban J connectivity index is 1.38. The number of oxazole rings is 1. The molecule has 0 fully saturated rings. The Labute approximate surface area is 268 Å². The number of aliphatic hydroxyl groups is 1. The maximum absolute atomic E-state index is 14.8. The minimum absolute atomic E-state index is 0.0301. The van der Waals surface area contributed by atoms with Gasteiger partial charge in [-0.3, -0.25) is 19.4 Å². The standard InChI is InChI=1S/C32H24F4N6O6/c1-30(29(37)45)15-48-25-20(30)13-22(42-24(25)16-4-6-19(33)7-5-16)31(46,32(34,35)36)14-40-26(43)18-11-17-3-2-8-38-23(17)21(12-18)41-27(44)28-39-9-10-47-28/h2-13,46H,14-15H2,1H3,(H2,37,45)(H,40,43)(H,41,44)/t30-,31?/m0/s1. The zero-order chi connectivity index (χ0) is 34.4. The van der Waals surface area contributed by atoms with Gasteiger partial charge in [-0.25, -0.2) is 14.4 Å². The monoisotopic (exact) mass is 664 g/mol. The molecule has 4 heterocycles. The zero-order valence-corrected chi connectivity index (χ0v) is 24.8. The molecule has 1 unspecified atom stereocenters. The van der Waals surface area contributed by atoms with Crippen LogP contribution >= 0.6 is 0 Å². The number of anilines is 1. The van der Waals surface area contributed by atoms with Crippen molar-refractivity contribution in [3.05, 3.63) is 102 Å². The molecular weight excluding hydrogens is 640 g/mol. The van der Waals surface area contributed by atoms with Crippen LogP contribution in [0.15, 0.2) is 77.7 Å². The Bertz CT molecular complexity index is 2070. The predicted molar refractivity (Wildman–Crippen MR) is 160 cm³/mol. The number of nitrogens with two attached hydrogens (primary N) is 1. The van der Waals surface area contributed by atoms with Gasteiger partial charge in [0.15, 0.2) is 0 Å². The topological polar surface area (TPSA) is 183 Å². The van der Waals surface area contributed by atoms with Crippen molar-refractivity contribution in [1.82, 2.24) is 20.3 Å². The quantitative estimate of drug-likeness (QED) is 0.178. The fraction of sp³-hybridized carbons (Fsp3) is 0.188. The van der Waals surface area contributed by atoms with Gasteiger partial charge in [0.1, 0.15) is 35.5 Å². The Morgan fingerprint density at radius 1 is 1.04 bits per heavy atom. The number of pyridine rings is 2. The van der Waals surface area contributed by atoms with Crippen LogP contribution in [0.3, 0.4) is 0 Å². The molecule has 5 N–H and O–H groups in total. The lowest BCUT2D eigenvalue weighted by Gasteiger charge is -2.31. The smallest absolute Gasteiger partial charge is 0.424 e. The van der Waals surface area contributed by atoms with Crippen LogP contribution in [-0.2, 0) is 15.8 Å². The first-order chi connectivity index (χ1) is 22.7. The number of hydrogen-bond acceptors (Lipinski definition) is 9. The molecule has 5 aromatic rings. The first kappa shape index (κ1) is 32.1. The summed E-state index contributed by atoms with van der Waals surface area (Å²) in [6, 6.07) is 11.1. The molecule has 0 saturated heterocycles. The van der Waals surface area contributed by atoms with E-state index >= 15 is 0 Å². The van der Waals surface area contributed by atoms with E-state index in [0.29, 0.717) is 5.39 Å². The van der Waals surface area contributed by atoms with Crippen molar-refractivity contribution in [1.29, 1.82) is 0 Å². The SMILES string of the molecule is C[C@]1(C(N)=O)COc2c1cc(C(O)(CNC(=O)c1cc(NC(=O)c3ncco3)c3ncccc3c1)C(F)(F)F)nc2-c1ccc(F)cc1. The fourth-order valence-electron chi connectivity index (χ4n) is 5.18. The van der Waals surface area contributed by atoms with E-state index in [1.807, 2.05) is 0 Å². The van der Waals surface area contributed by atoms with Gasteiger partial charge in [-0.05, 0) is 55.5 Å².